The molecule has 1 aromatic rings. The molecule has 1 aliphatic rings. The van der Waals surface area contributed by atoms with E-state index in [1.807, 2.05) is 6.92 Å². The van der Waals surface area contributed by atoms with Crippen molar-refractivity contribution in [3.8, 4) is 0 Å². The number of halogens is 3. The normalized spacial score (nSPS) is 18.3. The van der Waals surface area contributed by atoms with E-state index in [9.17, 15) is 22.8 Å². The fourth-order valence-electron chi connectivity index (χ4n) is 2.59. The molecule has 0 aliphatic carbocycles. The molecule has 7 heteroatoms. The third-order valence-corrected chi connectivity index (χ3v) is 3.96. The number of hydrogen-bond acceptors (Lipinski definition) is 2. The molecule has 0 spiro atoms. The monoisotopic (exact) mass is 328 g/mol. The molecule has 1 N–H and O–H groups in total. The molecule has 1 saturated heterocycles. The molecule has 0 radical (unpaired) electrons. The van der Waals surface area contributed by atoms with Crippen LogP contribution in [0.15, 0.2) is 24.3 Å². The van der Waals surface area contributed by atoms with Crippen LogP contribution in [-0.4, -0.2) is 36.3 Å². The van der Waals surface area contributed by atoms with Gasteiger partial charge in [0, 0.05) is 26.1 Å². The second-order valence-electron chi connectivity index (χ2n) is 5.57. The molecule has 1 fully saturated rings. The largest absolute Gasteiger partial charge is 0.416 e. The molecule has 1 aromatic carbocycles. The summed E-state index contributed by atoms with van der Waals surface area (Å²) in [5.41, 5.74) is 0.0328. The summed E-state index contributed by atoms with van der Waals surface area (Å²) in [6, 6.07) is 4.89. The second kappa shape index (κ2) is 7.02. The van der Waals surface area contributed by atoms with Gasteiger partial charge in [0.15, 0.2) is 0 Å². The smallest absolute Gasteiger partial charge is 0.355 e. The van der Waals surface area contributed by atoms with Gasteiger partial charge in [-0.25, -0.2) is 0 Å². The van der Waals surface area contributed by atoms with Gasteiger partial charge in [-0.05, 0) is 31.0 Å². The molecule has 2 amide bonds. The number of carbonyl (C=O) groups is 2. The van der Waals surface area contributed by atoms with Crippen LogP contribution in [0, 0.1) is 5.92 Å². The van der Waals surface area contributed by atoms with Crippen LogP contribution >= 0.6 is 0 Å². The lowest BCUT2D eigenvalue weighted by atomic mass is 10.1. The van der Waals surface area contributed by atoms with E-state index in [-0.39, 0.29) is 24.2 Å². The third kappa shape index (κ3) is 4.46. The number of likely N-dealkylation sites (tertiary alicyclic amines) is 1. The van der Waals surface area contributed by atoms with Gasteiger partial charge in [0.25, 0.3) is 0 Å². The van der Waals surface area contributed by atoms with Gasteiger partial charge >= 0.3 is 6.18 Å². The Hall–Kier alpha value is -2.05. The van der Waals surface area contributed by atoms with Crippen molar-refractivity contribution in [2.45, 2.75) is 25.9 Å². The number of nitrogens with zero attached hydrogens (tertiary/aromatic N) is 1. The number of benzene rings is 1. The van der Waals surface area contributed by atoms with Crippen molar-refractivity contribution >= 4 is 11.8 Å². The summed E-state index contributed by atoms with van der Waals surface area (Å²) in [4.78, 5) is 25.2. The molecular weight excluding hydrogens is 309 g/mol. The summed E-state index contributed by atoms with van der Waals surface area (Å²) < 4.78 is 37.4. The van der Waals surface area contributed by atoms with E-state index in [0.29, 0.717) is 26.1 Å². The fourth-order valence-corrected chi connectivity index (χ4v) is 2.59. The Bertz CT molecular complexity index is 570. The number of carbonyl (C=O) groups excluding carboxylic acids is 2. The highest BCUT2D eigenvalue weighted by Crippen LogP contribution is 2.29. The lowest BCUT2D eigenvalue weighted by Gasteiger charge is -2.13. The standard InChI is InChI=1S/C16H19F3N2O2/c1-2-21-10-12(9-14(21)22)15(23)20-8-7-11-3-5-13(6-4-11)16(17,18)19/h3-6,12H,2,7-10H2,1H3,(H,20,23)/t12-/m1/s1. The molecule has 2 rings (SSSR count). The highest BCUT2D eigenvalue weighted by Gasteiger charge is 2.33. The number of hydrogen-bond donors (Lipinski definition) is 1. The van der Waals surface area contributed by atoms with Crippen LogP contribution in [0.2, 0.25) is 0 Å². The summed E-state index contributed by atoms with van der Waals surface area (Å²) in [5, 5.41) is 2.74. The molecule has 23 heavy (non-hydrogen) atoms. The minimum Gasteiger partial charge on any atom is -0.355 e. The van der Waals surface area contributed by atoms with Crippen LogP contribution in [-0.2, 0) is 22.2 Å². The minimum absolute atomic E-state index is 0.0182. The maximum Gasteiger partial charge on any atom is 0.416 e. The van der Waals surface area contributed by atoms with Crippen molar-refractivity contribution in [2.75, 3.05) is 19.6 Å². The first kappa shape index (κ1) is 17.3. The predicted octanol–water partition coefficient (Wildman–Crippen LogP) is 2.23. The van der Waals surface area contributed by atoms with Crippen LogP contribution < -0.4 is 5.32 Å². The van der Waals surface area contributed by atoms with Crippen LogP contribution in [0.3, 0.4) is 0 Å². The number of amides is 2. The van der Waals surface area contributed by atoms with Gasteiger partial charge in [-0.2, -0.15) is 13.2 Å². The highest BCUT2D eigenvalue weighted by atomic mass is 19.4. The van der Waals surface area contributed by atoms with E-state index in [1.165, 1.54) is 12.1 Å². The summed E-state index contributed by atoms with van der Waals surface area (Å²) in [6.07, 6.45) is -3.67. The van der Waals surface area contributed by atoms with Crippen molar-refractivity contribution in [2.24, 2.45) is 5.92 Å². The molecule has 126 valence electrons. The molecule has 0 aromatic heterocycles. The van der Waals surface area contributed by atoms with Crippen LogP contribution in [0.4, 0.5) is 13.2 Å². The second-order valence-corrected chi connectivity index (χ2v) is 5.57. The van der Waals surface area contributed by atoms with Gasteiger partial charge in [0.05, 0.1) is 11.5 Å². The fraction of sp³-hybridized carbons (Fsp3) is 0.500. The zero-order valence-electron chi connectivity index (χ0n) is 12.8. The number of rotatable bonds is 5. The minimum atomic E-state index is -4.34. The van der Waals surface area contributed by atoms with E-state index >= 15 is 0 Å². The number of nitrogens with one attached hydrogen (secondary N) is 1. The molecule has 1 aliphatic heterocycles. The summed E-state index contributed by atoms with van der Waals surface area (Å²) in [6.45, 7) is 3.22. The first-order valence-electron chi connectivity index (χ1n) is 7.53. The van der Waals surface area contributed by atoms with Crippen molar-refractivity contribution in [3.05, 3.63) is 35.4 Å². The maximum atomic E-state index is 12.5. The Balaban J connectivity index is 1.79. The van der Waals surface area contributed by atoms with Crippen LogP contribution in [0.25, 0.3) is 0 Å². The molecule has 1 atom stereocenters. The average Bonchev–Trinajstić information content (AvgIpc) is 2.88. The van der Waals surface area contributed by atoms with Crippen molar-refractivity contribution in [3.63, 3.8) is 0 Å². The van der Waals surface area contributed by atoms with Gasteiger partial charge in [-0.3, -0.25) is 9.59 Å². The lowest BCUT2D eigenvalue weighted by molar-refractivity contribution is -0.137. The molecule has 4 nitrogen and oxygen atoms in total. The highest BCUT2D eigenvalue weighted by molar-refractivity contribution is 5.89. The van der Waals surface area contributed by atoms with Crippen LogP contribution in [0.5, 0.6) is 0 Å². The summed E-state index contributed by atoms with van der Waals surface area (Å²) >= 11 is 0. The third-order valence-electron chi connectivity index (χ3n) is 3.96. The average molecular weight is 328 g/mol. The Morgan fingerprint density at radius 2 is 1.96 bits per heavy atom. The zero-order chi connectivity index (χ0) is 17.0. The topological polar surface area (TPSA) is 49.4 Å². The summed E-state index contributed by atoms with van der Waals surface area (Å²) in [7, 11) is 0. The molecular formula is C16H19F3N2O2. The van der Waals surface area contributed by atoms with E-state index in [4.69, 9.17) is 0 Å². The first-order chi connectivity index (χ1) is 10.8. The SMILES string of the molecule is CCN1C[C@H](C(=O)NCCc2ccc(C(F)(F)F)cc2)CC1=O. The van der Waals surface area contributed by atoms with Gasteiger partial charge in [-0.1, -0.05) is 12.1 Å². The molecule has 1 heterocycles. The van der Waals surface area contributed by atoms with E-state index < -0.39 is 11.7 Å². The van der Waals surface area contributed by atoms with Crippen molar-refractivity contribution in [1.29, 1.82) is 0 Å². The molecule has 0 saturated carbocycles. The van der Waals surface area contributed by atoms with Crippen LogP contribution in [0.1, 0.15) is 24.5 Å². The van der Waals surface area contributed by atoms with Gasteiger partial charge in [0.2, 0.25) is 11.8 Å². The Morgan fingerprint density at radius 1 is 1.30 bits per heavy atom. The Morgan fingerprint density at radius 3 is 2.48 bits per heavy atom. The Kier molecular flexibility index (Phi) is 5.28. The summed E-state index contributed by atoms with van der Waals surface area (Å²) in [5.74, 6) is -0.536. The van der Waals surface area contributed by atoms with Crippen molar-refractivity contribution < 1.29 is 22.8 Å². The number of alkyl halides is 3. The van der Waals surface area contributed by atoms with E-state index in [0.717, 1.165) is 17.7 Å². The van der Waals surface area contributed by atoms with E-state index in [2.05, 4.69) is 5.32 Å². The predicted molar refractivity (Wildman–Crippen MR) is 78.5 cm³/mol. The Labute approximate surface area is 132 Å². The van der Waals surface area contributed by atoms with Crippen molar-refractivity contribution in [1.82, 2.24) is 10.2 Å². The quantitative estimate of drug-likeness (QED) is 0.901. The van der Waals surface area contributed by atoms with Gasteiger partial charge < -0.3 is 10.2 Å². The maximum absolute atomic E-state index is 12.5. The zero-order valence-corrected chi connectivity index (χ0v) is 12.8. The lowest BCUT2D eigenvalue weighted by Crippen LogP contribution is -2.34. The molecule has 0 unspecified atom stereocenters. The van der Waals surface area contributed by atoms with Gasteiger partial charge in [-0.15, -0.1) is 0 Å². The van der Waals surface area contributed by atoms with E-state index in [1.54, 1.807) is 4.90 Å². The van der Waals surface area contributed by atoms with Gasteiger partial charge in [0.1, 0.15) is 0 Å². The first-order valence-corrected chi connectivity index (χ1v) is 7.53. The molecule has 0 bridgehead atoms.